The number of rotatable bonds is 26. The van der Waals surface area contributed by atoms with Crippen molar-refractivity contribution < 1.29 is 102 Å². The van der Waals surface area contributed by atoms with Crippen molar-refractivity contribution in [2.75, 3.05) is 32.9 Å². The van der Waals surface area contributed by atoms with Crippen LogP contribution in [-0.2, 0) is 83.1 Å². The second kappa shape index (κ2) is 42.2. The molecule has 1 aliphatic heterocycles. The van der Waals surface area contributed by atoms with Gasteiger partial charge < -0.3 is 115 Å². The van der Waals surface area contributed by atoms with Crippen molar-refractivity contribution in [3.63, 3.8) is 0 Å². The fraction of sp³-hybridized carbons (Fsp3) is 0.618. The molecule has 2 aromatic rings. The zero-order valence-corrected chi connectivity index (χ0v) is 61.1. The average molecular weight is 1470 g/mol. The van der Waals surface area contributed by atoms with E-state index >= 15 is 14.4 Å². The third-order valence-corrected chi connectivity index (χ3v) is 15.9. The van der Waals surface area contributed by atoms with Crippen molar-refractivity contribution in [3.8, 4) is 0 Å². The first-order valence-electron chi connectivity index (χ1n) is 34.1. The van der Waals surface area contributed by atoms with E-state index in [-0.39, 0.29) is 50.4 Å². The van der Waals surface area contributed by atoms with Crippen LogP contribution < -0.4 is 75.7 Å². The zero-order chi connectivity index (χ0) is 78.5. The van der Waals surface area contributed by atoms with Gasteiger partial charge >= 0.3 is 12.1 Å². The Kier molecular flexibility index (Phi) is 36.0. The van der Waals surface area contributed by atoms with Gasteiger partial charge in [0.05, 0.1) is 49.8 Å². The van der Waals surface area contributed by atoms with Gasteiger partial charge in [0.25, 0.3) is 0 Å². The maximum absolute atomic E-state index is 15.7. The van der Waals surface area contributed by atoms with Gasteiger partial charge in [0, 0.05) is 6.54 Å². The molecule has 3 rings (SSSR count). The van der Waals surface area contributed by atoms with Crippen molar-refractivity contribution in [2.45, 2.75) is 218 Å². The highest BCUT2D eigenvalue weighted by Gasteiger charge is 2.44. The monoisotopic (exact) mass is 1470 g/mol. The summed E-state index contributed by atoms with van der Waals surface area (Å²) in [6, 6.07) is -3.94. The van der Waals surface area contributed by atoms with E-state index in [4.69, 9.17) is 36.1 Å². The molecule has 2 aromatic carbocycles. The van der Waals surface area contributed by atoms with Gasteiger partial charge in [-0.1, -0.05) is 109 Å². The number of nitrogens with two attached hydrogens (primary N) is 3. The molecule has 21 N–H and O–H groups in total. The van der Waals surface area contributed by atoms with E-state index in [2.05, 4.69) is 52.8 Å². The Balaban J connectivity index is 2.46. The number of nitrogens with one attached hydrogen (secondary N) is 11. The van der Waals surface area contributed by atoms with Gasteiger partial charge in [-0.2, -0.15) is 0 Å². The minimum atomic E-state index is -2.62. The zero-order valence-electron chi connectivity index (χ0n) is 61.1. The first-order chi connectivity index (χ1) is 48.6. The Morgan fingerprint density at radius 2 is 1.14 bits per heavy atom. The van der Waals surface area contributed by atoms with E-state index in [1.807, 2.05) is 10.6 Å². The molecule has 1 saturated heterocycles. The molecular formula is C68H107N15O21. The van der Waals surface area contributed by atoms with Crippen LogP contribution in [0.1, 0.15) is 133 Å². The van der Waals surface area contributed by atoms with Gasteiger partial charge in [-0.05, 0) is 96.6 Å². The lowest BCUT2D eigenvalue weighted by atomic mass is 9.95. The van der Waals surface area contributed by atoms with Crippen LogP contribution in [0.2, 0.25) is 0 Å². The number of carbonyl (C=O) groups is 13. The van der Waals surface area contributed by atoms with E-state index in [9.17, 15) is 68.4 Å². The maximum Gasteiger partial charge on any atom is 0.408 e. The number of cyclic esters (lactones) is 1. The SMILES string of the molecule is CC[C@H](C)C1NC(=O)[C@@H](CCCN=C(N)N)NC(=O)[C@H](CC(C)C)NC(=O)[C@H]([C@H](O)C(C)C)NC(=O)[C@@H](NC(=O)[C@H](COC(C)(C)C)NC(=O)[C@@H](COC(C)(C)C)NC(=O)OCc2ccccc2)[C@@H](c2ccccc2)OC(=O)[C@H](CO)NC(=O)[C@H]([C@H](O)C(N)=O)NC(=O)CNC(=O)C([C@H](C)O)NC1=O. The van der Waals surface area contributed by atoms with E-state index in [1.54, 1.807) is 99.6 Å². The van der Waals surface area contributed by atoms with Crippen LogP contribution in [0.15, 0.2) is 65.7 Å². The number of aliphatic hydroxyl groups is 4. The fourth-order valence-electron chi connectivity index (χ4n) is 9.86. The quantitative estimate of drug-likeness (QED) is 0.0185. The average Bonchev–Trinajstić information content (AvgIpc) is 0.814. The lowest BCUT2D eigenvalue weighted by Gasteiger charge is -2.34. The Hall–Kier alpha value is -9.62. The fourth-order valence-corrected chi connectivity index (χ4v) is 9.86. The predicted octanol–water partition coefficient (Wildman–Crippen LogP) is -3.93. The van der Waals surface area contributed by atoms with Gasteiger partial charge in [0.15, 0.2) is 24.2 Å². The molecule has 36 heteroatoms. The topological polar surface area (TPSA) is 562 Å². The molecule has 1 fully saturated rings. The number of benzene rings is 2. The van der Waals surface area contributed by atoms with E-state index < -0.39 is 217 Å². The number of amides is 12. The Morgan fingerprint density at radius 1 is 0.625 bits per heavy atom. The van der Waals surface area contributed by atoms with Crippen LogP contribution in [0.3, 0.4) is 0 Å². The number of carbonyl (C=O) groups excluding carboxylic acids is 13. The van der Waals surface area contributed by atoms with Gasteiger partial charge in [0.1, 0.15) is 61.0 Å². The largest absolute Gasteiger partial charge is 0.453 e. The number of ether oxygens (including phenoxy) is 4. The minimum absolute atomic E-state index is 0.0155. The third-order valence-electron chi connectivity index (χ3n) is 15.9. The summed E-state index contributed by atoms with van der Waals surface area (Å²) in [5, 5.41) is 70.8. The molecule has 0 aromatic heterocycles. The molecule has 15 atom stereocenters. The highest BCUT2D eigenvalue weighted by Crippen LogP contribution is 2.25. The summed E-state index contributed by atoms with van der Waals surface area (Å²) in [7, 11) is 0. The van der Waals surface area contributed by atoms with Crippen molar-refractivity contribution in [3.05, 3.63) is 71.8 Å². The molecule has 1 heterocycles. The maximum atomic E-state index is 15.7. The van der Waals surface area contributed by atoms with Gasteiger partial charge in [-0.15, -0.1) is 0 Å². The highest BCUT2D eigenvalue weighted by molar-refractivity contribution is 6.00. The van der Waals surface area contributed by atoms with Crippen LogP contribution in [0.25, 0.3) is 0 Å². The number of hydrogen-bond acceptors (Lipinski definition) is 22. The number of hydrogen-bond donors (Lipinski definition) is 18. The van der Waals surface area contributed by atoms with Crippen LogP contribution in [0.5, 0.6) is 0 Å². The lowest BCUT2D eigenvalue weighted by Crippen LogP contribution is -2.64. The van der Waals surface area contributed by atoms with Crippen LogP contribution in [0.4, 0.5) is 4.79 Å². The number of guanidine groups is 1. The summed E-state index contributed by atoms with van der Waals surface area (Å²) in [5.41, 5.74) is 15.0. The van der Waals surface area contributed by atoms with Gasteiger partial charge in [-0.25, -0.2) is 9.59 Å². The molecule has 0 radical (unpaired) electrons. The van der Waals surface area contributed by atoms with Crippen LogP contribution in [-0.4, -0.2) is 226 Å². The Bertz CT molecular complexity index is 3260. The Labute approximate surface area is 604 Å². The Morgan fingerprint density at radius 3 is 1.67 bits per heavy atom. The van der Waals surface area contributed by atoms with Gasteiger partial charge in [0.2, 0.25) is 65.0 Å². The number of nitrogens with zero attached hydrogens (tertiary/aromatic N) is 1. The number of aliphatic hydroxyl groups excluding tert-OH is 4. The molecule has 0 saturated carbocycles. The number of primary amides is 1. The molecule has 0 bridgehead atoms. The normalized spacial score (nSPS) is 23.1. The summed E-state index contributed by atoms with van der Waals surface area (Å²) in [6.45, 7) is 16.3. The van der Waals surface area contributed by atoms with Crippen molar-refractivity contribution in [1.29, 1.82) is 0 Å². The predicted molar refractivity (Wildman–Crippen MR) is 374 cm³/mol. The van der Waals surface area contributed by atoms with E-state index in [0.29, 0.717) is 5.56 Å². The molecule has 2 unspecified atom stereocenters. The molecule has 104 heavy (non-hydrogen) atoms. The standard InChI is InChI=1S/C68H107N15O21/c1-14-36(6)46-60(95)81-47(37(7)85)59(94)73-29-45(86)79-49(52(88)54(69)89)62(97)76-42(30-84)64(99)104-53(39-24-19-16-20-25-39)50(63(98)82-48(51(87)35(4)5)61(96)75-41(28-34(2)3)56(91)74-40(55(90)80-46)26-21-27-72-65(70)71)83-58(93)43(32-102-67(8,9)10)77-57(92)44(33-103-68(11,12)13)78-66(100)101-31-38-22-17-15-18-23-38/h15-20,22-25,34-37,40-44,46-53,84-85,87-88H,14,21,26-33H2,1-13H3,(H2,69,89)(H,73,94)(H,74,91)(H,75,96)(H,76,97)(H,77,92)(H,78,100)(H,79,86)(H,80,90)(H,81,95)(H,82,98)(H,83,93)(H4,70,71,72)/t36-,37-,40+,41-,42-,43-,44+,46?,47?,48-,49-,50-,51+,52-,53+/m0/s1. The van der Waals surface area contributed by atoms with Crippen molar-refractivity contribution in [1.82, 2.24) is 58.5 Å². The summed E-state index contributed by atoms with van der Waals surface area (Å²) in [5.74, 6) is -18.0. The number of esters is 1. The molecule has 1 aliphatic rings. The van der Waals surface area contributed by atoms with E-state index in [1.165, 1.54) is 44.2 Å². The molecule has 0 aliphatic carbocycles. The molecule has 12 amide bonds. The summed E-state index contributed by atoms with van der Waals surface area (Å²) in [6.07, 6.45) is -9.69. The van der Waals surface area contributed by atoms with Gasteiger partial charge in [-0.3, -0.25) is 57.7 Å². The third kappa shape index (κ3) is 30.4. The van der Waals surface area contributed by atoms with Crippen LogP contribution >= 0.6 is 0 Å². The summed E-state index contributed by atoms with van der Waals surface area (Å²) < 4.78 is 23.3. The van der Waals surface area contributed by atoms with Crippen LogP contribution in [0, 0.1) is 17.8 Å². The van der Waals surface area contributed by atoms with E-state index in [0.717, 1.165) is 6.92 Å². The van der Waals surface area contributed by atoms with Crippen molar-refractivity contribution >= 4 is 83.0 Å². The number of aliphatic imine (C=N–C) groups is 1. The molecular weight excluding hydrogens is 1360 g/mol. The smallest absolute Gasteiger partial charge is 0.408 e. The second-order valence-electron chi connectivity index (χ2n) is 27.8. The lowest BCUT2D eigenvalue weighted by molar-refractivity contribution is -0.159. The summed E-state index contributed by atoms with van der Waals surface area (Å²) in [4.78, 5) is 191. The minimum Gasteiger partial charge on any atom is -0.453 e. The second-order valence-corrected chi connectivity index (χ2v) is 27.8. The molecule has 580 valence electrons. The summed E-state index contributed by atoms with van der Waals surface area (Å²) >= 11 is 0. The molecule has 0 spiro atoms. The highest BCUT2D eigenvalue weighted by atomic mass is 16.6. The van der Waals surface area contributed by atoms with Crippen molar-refractivity contribution in [2.24, 2.45) is 39.9 Å². The number of alkyl carbamates (subject to hydrolysis) is 1. The molecule has 36 nitrogen and oxygen atoms in total. The first-order valence-corrected chi connectivity index (χ1v) is 34.1. The first kappa shape index (κ1) is 88.6.